The lowest BCUT2D eigenvalue weighted by atomic mass is 10.0. The maximum Gasteiger partial charge on any atom is 0.125 e. The minimum atomic E-state index is 0.0561. The highest BCUT2D eigenvalue weighted by Crippen LogP contribution is 2.36. The quantitative estimate of drug-likeness (QED) is 0.713. The molecule has 2 N–H and O–H groups in total. The predicted octanol–water partition coefficient (Wildman–Crippen LogP) is 2.17. The summed E-state index contributed by atoms with van der Waals surface area (Å²) >= 11 is 0. The molecule has 2 rings (SSSR count). The van der Waals surface area contributed by atoms with Crippen LogP contribution < -0.4 is 10.5 Å². The lowest BCUT2D eigenvalue weighted by Gasteiger charge is -2.11. The van der Waals surface area contributed by atoms with E-state index in [1.54, 1.807) is 0 Å². The van der Waals surface area contributed by atoms with Crippen molar-refractivity contribution in [3.8, 4) is 5.75 Å². The first-order valence-electron chi connectivity index (χ1n) is 4.75. The molecule has 0 radical (unpaired) electrons. The zero-order valence-corrected chi connectivity index (χ0v) is 8.08. The highest BCUT2D eigenvalue weighted by molar-refractivity contribution is 5.42. The van der Waals surface area contributed by atoms with Crippen molar-refractivity contribution in [3.63, 3.8) is 0 Å². The summed E-state index contributed by atoms with van der Waals surface area (Å²) < 4.78 is 5.72. The van der Waals surface area contributed by atoms with Gasteiger partial charge in [0.1, 0.15) is 11.9 Å². The number of hydrogen-bond donors (Lipinski definition) is 1. The second-order valence-electron chi connectivity index (χ2n) is 3.63. The molecular weight excluding hydrogens is 162 g/mol. The van der Waals surface area contributed by atoms with Crippen molar-refractivity contribution in [1.82, 2.24) is 0 Å². The van der Waals surface area contributed by atoms with Gasteiger partial charge in [-0.1, -0.05) is 19.1 Å². The van der Waals surface area contributed by atoms with E-state index in [-0.39, 0.29) is 12.1 Å². The van der Waals surface area contributed by atoms with Crippen molar-refractivity contribution in [2.24, 2.45) is 5.73 Å². The standard InChI is InChI=1S/C11H15NO/c1-3-9-11(12)8-5-4-7(2)6-10(8)13-9/h4-6,9,11H,3,12H2,1-2H3. The van der Waals surface area contributed by atoms with Crippen LogP contribution in [0.25, 0.3) is 0 Å². The molecule has 0 aliphatic carbocycles. The van der Waals surface area contributed by atoms with Crippen molar-refractivity contribution in [3.05, 3.63) is 29.3 Å². The third-order valence-corrected chi connectivity index (χ3v) is 2.61. The second-order valence-corrected chi connectivity index (χ2v) is 3.63. The number of fused-ring (bicyclic) bond motifs is 1. The average Bonchev–Trinajstić information content (AvgIpc) is 2.42. The lowest BCUT2D eigenvalue weighted by molar-refractivity contribution is 0.202. The second kappa shape index (κ2) is 3.04. The van der Waals surface area contributed by atoms with Gasteiger partial charge < -0.3 is 10.5 Å². The van der Waals surface area contributed by atoms with Crippen LogP contribution in [0.2, 0.25) is 0 Å². The molecule has 0 amide bonds. The van der Waals surface area contributed by atoms with Crippen molar-refractivity contribution >= 4 is 0 Å². The molecular formula is C11H15NO. The van der Waals surface area contributed by atoms with E-state index in [4.69, 9.17) is 10.5 Å². The minimum Gasteiger partial charge on any atom is -0.488 e. The summed E-state index contributed by atoms with van der Waals surface area (Å²) in [6, 6.07) is 6.27. The van der Waals surface area contributed by atoms with Crippen LogP contribution >= 0.6 is 0 Å². The molecule has 1 aliphatic rings. The molecule has 70 valence electrons. The fourth-order valence-electron chi connectivity index (χ4n) is 1.79. The van der Waals surface area contributed by atoms with E-state index in [2.05, 4.69) is 32.0 Å². The lowest BCUT2D eigenvalue weighted by Crippen LogP contribution is -2.24. The highest BCUT2D eigenvalue weighted by atomic mass is 16.5. The molecule has 1 heterocycles. The Bertz CT molecular complexity index is 322. The van der Waals surface area contributed by atoms with E-state index in [0.29, 0.717) is 0 Å². The number of rotatable bonds is 1. The molecule has 0 saturated carbocycles. The van der Waals surface area contributed by atoms with Crippen LogP contribution in [0, 0.1) is 6.92 Å². The van der Waals surface area contributed by atoms with Crippen LogP contribution in [0.1, 0.15) is 30.5 Å². The molecule has 2 heteroatoms. The molecule has 2 nitrogen and oxygen atoms in total. The summed E-state index contributed by atoms with van der Waals surface area (Å²) in [4.78, 5) is 0. The number of hydrogen-bond acceptors (Lipinski definition) is 2. The molecule has 2 atom stereocenters. The Morgan fingerprint density at radius 2 is 2.23 bits per heavy atom. The fraction of sp³-hybridized carbons (Fsp3) is 0.455. The van der Waals surface area contributed by atoms with Crippen LogP contribution in [-0.2, 0) is 0 Å². The highest BCUT2D eigenvalue weighted by Gasteiger charge is 2.29. The summed E-state index contributed by atoms with van der Waals surface area (Å²) in [5, 5.41) is 0. The molecule has 0 aromatic heterocycles. The monoisotopic (exact) mass is 177 g/mol. The average molecular weight is 177 g/mol. The van der Waals surface area contributed by atoms with Gasteiger partial charge in [0, 0.05) is 5.56 Å². The van der Waals surface area contributed by atoms with Gasteiger partial charge in [0.15, 0.2) is 0 Å². The topological polar surface area (TPSA) is 35.2 Å². The maximum atomic E-state index is 6.03. The third kappa shape index (κ3) is 1.31. The molecule has 1 aliphatic heterocycles. The maximum absolute atomic E-state index is 6.03. The first kappa shape index (κ1) is 8.57. The van der Waals surface area contributed by atoms with Crippen molar-refractivity contribution in [1.29, 1.82) is 0 Å². The Kier molecular flexibility index (Phi) is 2.00. The summed E-state index contributed by atoms with van der Waals surface area (Å²) in [6.07, 6.45) is 1.13. The largest absolute Gasteiger partial charge is 0.488 e. The Balaban J connectivity index is 2.38. The van der Waals surface area contributed by atoms with Gasteiger partial charge in [-0.05, 0) is 25.0 Å². The smallest absolute Gasteiger partial charge is 0.125 e. The van der Waals surface area contributed by atoms with Crippen LogP contribution in [0.15, 0.2) is 18.2 Å². The van der Waals surface area contributed by atoms with Gasteiger partial charge in [-0.15, -0.1) is 0 Å². The minimum absolute atomic E-state index is 0.0561. The zero-order valence-electron chi connectivity index (χ0n) is 8.08. The Hall–Kier alpha value is -1.02. The molecule has 0 bridgehead atoms. The Morgan fingerprint density at radius 1 is 1.46 bits per heavy atom. The number of ether oxygens (including phenoxy) is 1. The molecule has 1 aromatic rings. The predicted molar refractivity (Wildman–Crippen MR) is 52.8 cm³/mol. The van der Waals surface area contributed by atoms with E-state index in [1.807, 2.05) is 0 Å². The zero-order chi connectivity index (χ0) is 9.42. The van der Waals surface area contributed by atoms with E-state index < -0.39 is 0 Å². The van der Waals surface area contributed by atoms with E-state index in [9.17, 15) is 0 Å². The van der Waals surface area contributed by atoms with E-state index >= 15 is 0 Å². The third-order valence-electron chi connectivity index (χ3n) is 2.61. The van der Waals surface area contributed by atoms with Gasteiger partial charge in [0.25, 0.3) is 0 Å². The normalized spacial score (nSPS) is 25.5. The summed E-state index contributed by atoms with van der Waals surface area (Å²) in [7, 11) is 0. The summed E-state index contributed by atoms with van der Waals surface area (Å²) in [5.74, 6) is 0.972. The Labute approximate surface area is 78.7 Å². The van der Waals surface area contributed by atoms with Crippen molar-refractivity contribution in [2.75, 3.05) is 0 Å². The molecule has 0 fully saturated rings. The van der Waals surface area contributed by atoms with Crippen molar-refractivity contribution < 1.29 is 4.74 Å². The van der Waals surface area contributed by atoms with Crippen LogP contribution in [0.5, 0.6) is 5.75 Å². The number of nitrogens with two attached hydrogens (primary N) is 1. The summed E-state index contributed by atoms with van der Waals surface area (Å²) in [5.41, 5.74) is 8.40. The number of aryl methyl sites for hydroxylation is 1. The first-order chi connectivity index (χ1) is 6.22. The molecule has 0 spiro atoms. The molecule has 13 heavy (non-hydrogen) atoms. The van der Waals surface area contributed by atoms with E-state index in [0.717, 1.165) is 17.7 Å². The SMILES string of the molecule is CCC1Oc2cc(C)ccc2C1N. The molecule has 2 unspecified atom stereocenters. The van der Waals surface area contributed by atoms with E-state index in [1.165, 1.54) is 5.56 Å². The Morgan fingerprint density at radius 3 is 2.92 bits per heavy atom. The molecule has 1 aromatic carbocycles. The van der Waals surface area contributed by atoms with Gasteiger partial charge in [-0.2, -0.15) is 0 Å². The van der Waals surface area contributed by atoms with Gasteiger partial charge in [0.05, 0.1) is 6.04 Å². The number of benzene rings is 1. The van der Waals surface area contributed by atoms with Gasteiger partial charge in [0.2, 0.25) is 0 Å². The van der Waals surface area contributed by atoms with Gasteiger partial charge in [-0.25, -0.2) is 0 Å². The van der Waals surface area contributed by atoms with Gasteiger partial charge in [-0.3, -0.25) is 0 Å². The van der Waals surface area contributed by atoms with Crippen LogP contribution in [0.3, 0.4) is 0 Å². The molecule has 0 saturated heterocycles. The van der Waals surface area contributed by atoms with Gasteiger partial charge >= 0.3 is 0 Å². The van der Waals surface area contributed by atoms with Crippen LogP contribution in [-0.4, -0.2) is 6.10 Å². The van der Waals surface area contributed by atoms with Crippen LogP contribution in [0.4, 0.5) is 0 Å². The summed E-state index contributed by atoms with van der Waals surface area (Å²) in [6.45, 7) is 4.16. The van der Waals surface area contributed by atoms with Crippen molar-refractivity contribution in [2.45, 2.75) is 32.4 Å². The first-order valence-corrected chi connectivity index (χ1v) is 4.75. The fourth-order valence-corrected chi connectivity index (χ4v) is 1.79.